The minimum absolute atomic E-state index is 0. The zero-order valence-corrected chi connectivity index (χ0v) is 8.25. The van der Waals surface area contributed by atoms with Gasteiger partial charge < -0.3 is 9.84 Å². The van der Waals surface area contributed by atoms with Crippen LogP contribution in [0.4, 0.5) is 0 Å². The van der Waals surface area contributed by atoms with Gasteiger partial charge in [-0.2, -0.15) is 18.2 Å². The van der Waals surface area contributed by atoms with Gasteiger partial charge in [0.2, 0.25) is 0 Å². The van der Waals surface area contributed by atoms with Crippen LogP contribution in [-0.4, -0.2) is 13.2 Å². The van der Waals surface area contributed by atoms with E-state index in [0.29, 0.717) is 13.0 Å². The average molecular weight is 164 g/mol. The van der Waals surface area contributed by atoms with E-state index in [0.717, 1.165) is 5.75 Å². The topological polar surface area (TPSA) is 32.3 Å². The van der Waals surface area contributed by atoms with Crippen LogP contribution in [0.3, 0.4) is 0 Å². The second-order valence-electron chi connectivity index (χ2n) is 2.14. The zero-order valence-electron chi connectivity index (χ0n) is 8.25. The summed E-state index contributed by atoms with van der Waals surface area (Å²) in [6, 6.07) is 10.1. The molecule has 2 nitrogen and oxygen atoms in total. The first kappa shape index (κ1) is 15.6. The van der Waals surface area contributed by atoms with Crippen molar-refractivity contribution in [3.05, 3.63) is 30.3 Å². The summed E-state index contributed by atoms with van der Waals surface area (Å²) in [6.45, 7) is 0.437. The average Bonchev–Trinajstić information content (AvgIpc) is 2.07. The van der Waals surface area contributed by atoms with Crippen molar-refractivity contribution in [3.63, 3.8) is 0 Å². The Kier molecular flexibility index (Phi) is 12.3. The summed E-state index contributed by atoms with van der Waals surface area (Å²) >= 11 is 0. The third-order valence-corrected chi connectivity index (χ3v) is 1.25. The Morgan fingerprint density at radius 3 is 2.38 bits per heavy atom. The number of ether oxygens (including phenoxy) is 1. The van der Waals surface area contributed by atoms with E-state index in [1.165, 1.54) is 0 Å². The molecule has 0 aliphatic rings. The zero-order chi connectivity index (χ0) is 7.94. The summed E-state index contributed by atoms with van der Waals surface area (Å²) in [5.74, 6) is 0.803. The molecule has 0 amide bonds. The molecule has 0 saturated carbocycles. The predicted molar refractivity (Wildman–Crippen MR) is 40.3 cm³/mol. The molecule has 0 saturated heterocycles. The van der Waals surface area contributed by atoms with Gasteiger partial charge in [-0.1, -0.05) is 0 Å². The number of rotatable bonds is 4. The van der Waals surface area contributed by atoms with Crippen LogP contribution in [0.2, 0.25) is 0 Å². The van der Waals surface area contributed by atoms with Crippen LogP contribution in [0.15, 0.2) is 24.3 Å². The quantitative estimate of drug-likeness (QED) is 0.253. The third kappa shape index (κ3) is 7.26. The molecule has 13 heavy (non-hydrogen) atoms. The van der Waals surface area contributed by atoms with Gasteiger partial charge in [-0.15, -0.1) is 18.7 Å². The Labute approximate surface area is 103 Å². The predicted octanol–water partition coefficient (Wildman–Crippen LogP) is -5.38. The van der Waals surface area contributed by atoms with Crippen molar-refractivity contribution < 1.29 is 47.6 Å². The van der Waals surface area contributed by atoms with Gasteiger partial charge >= 0.3 is 37.7 Å². The van der Waals surface area contributed by atoms with Gasteiger partial charge in [0, 0.05) is 5.75 Å². The van der Waals surface area contributed by atoms with Crippen LogP contribution < -0.4 is 47.6 Å². The summed E-state index contributed by atoms with van der Waals surface area (Å²) in [4.78, 5) is 0. The molecule has 0 aromatic heterocycles. The first-order valence-corrected chi connectivity index (χ1v) is 3.60. The van der Waals surface area contributed by atoms with E-state index < -0.39 is 0 Å². The van der Waals surface area contributed by atoms with Crippen molar-refractivity contribution in [2.45, 2.75) is 6.42 Å². The van der Waals surface area contributed by atoms with Crippen LogP contribution in [-0.2, 0) is 0 Å². The van der Waals surface area contributed by atoms with Crippen LogP contribution >= 0.6 is 0 Å². The summed E-state index contributed by atoms with van der Waals surface area (Å²) in [5, 5.41) is 10.0. The minimum Gasteiger partial charge on any atom is -0.854 e. The molecule has 1 rings (SSSR count). The van der Waals surface area contributed by atoms with E-state index in [9.17, 15) is 5.11 Å². The van der Waals surface area contributed by atoms with E-state index in [1.54, 1.807) is 12.1 Å². The van der Waals surface area contributed by atoms with Gasteiger partial charge in [-0.25, -0.2) is 0 Å². The largest absolute Gasteiger partial charge is 1.00 e. The van der Waals surface area contributed by atoms with Crippen LogP contribution in [0.5, 0.6) is 5.75 Å². The Morgan fingerprint density at radius 1 is 1.23 bits per heavy atom. The maximum Gasteiger partial charge on any atom is 1.00 e. The normalized spacial score (nSPS) is 8.08. The van der Waals surface area contributed by atoms with Crippen molar-refractivity contribution in [2.24, 2.45) is 0 Å². The maximum absolute atomic E-state index is 10.0. The van der Waals surface area contributed by atoms with Crippen molar-refractivity contribution in [1.29, 1.82) is 0 Å². The molecule has 0 N–H and O–H groups in total. The van der Waals surface area contributed by atoms with Crippen molar-refractivity contribution in [3.8, 4) is 5.75 Å². The Balaban J connectivity index is 0. The molecule has 60 valence electrons. The molecule has 0 aliphatic carbocycles. The molecule has 0 fully saturated rings. The number of hydrogen-bond acceptors (Lipinski definition) is 2. The first-order valence-electron chi connectivity index (χ1n) is 3.60. The summed E-state index contributed by atoms with van der Waals surface area (Å²) < 4.78 is 5.23. The second-order valence-corrected chi connectivity index (χ2v) is 2.14. The fourth-order valence-electron chi connectivity index (χ4n) is 0.717. The molecular weight excluding hydrogens is 154 g/mol. The second kappa shape index (κ2) is 10.3. The van der Waals surface area contributed by atoms with Gasteiger partial charge in [0.15, 0.2) is 0 Å². The van der Waals surface area contributed by atoms with E-state index in [-0.39, 0.29) is 44.3 Å². The van der Waals surface area contributed by atoms with Gasteiger partial charge in [-0.05, 0) is 6.42 Å². The Hall–Kier alpha value is 0.175. The van der Waals surface area contributed by atoms with Gasteiger partial charge in [0.05, 0.1) is 6.61 Å². The van der Waals surface area contributed by atoms with Crippen LogP contribution in [0, 0.1) is 6.07 Å². The fourth-order valence-corrected chi connectivity index (χ4v) is 0.717. The molecule has 0 radical (unpaired) electrons. The summed E-state index contributed by atoms with van der Waals surface area (Å²) in [6.07, 6.45) is 0.568. The van der Waals surface area contributed by atoms with Crippen molar-refractivity contribution >= 4 is 0 Å². The third-order valence-electron chi connectivity index (χ3n) is 1.25. The Morgan fingerprint density at radius 2 is 1.85 bits per heavy atom. The number of hydrogen-bond donors (Lipinski definition) is 0. The van der Waals surface area contributed by atoms with E-state index in [2.05, 4.69) is 6.07 Å². The molecule has 0 unspecified atom stereocenters. The molecule has 1 aromatic carbocycles. The molecule has 1 aromatic rings. The van der Waals surface area contributed by atoms with E-state index in [1.807, 2.05) is 12.1 Å². The molecule has 0 atom stereocenters. The number of benzene rings is 1. The molecule has 4 heteroatoms. The Bertz CT molecular complexity index is 192. The van der Waals surface area contributed by atoms with Crippen molar-refractivity contribution in [1.82, 2.24) is 0 Å². The fraction of sp³-hybridized carbons (Fsp3) is 0.333. The summed E-state index contributed by atoms with van der Waals surface area (Å²) in [7, 11) is 0. The molecule has 0 heterocycles. The molecule has 0 aliphatic heterocycles. The molecule has 0 bridgehead atoms. The van der Waals surface area contributed by atoms with Crippen molar-refractivity contribution in [2.75, 3.05) is 13.2 Å². The van der Waals surface area contributed by atoms with E-state index in [4.69, 9.17) is 4.74 Å². The van der Waals surface area contributed by atoms with E-state index >= 15 is 0 Å². The van der Waals surface area contributed by atoms with Gasteiger partial charge in [0.25, 0.3) is 0 Å². The van der Waals surface area contributed by atoms with Gasteiger partial charge in [0.1, 0.15) is 0 Å². The van der Waals surface area contributed by atoms with Crippen LogP contribution in [0.25, 0.3) is 0 Å². The molecular formula is C9H10Li2O2. The first-order chi connectivity index (χ1) is 5.43. The minimum atomic E-state index is -0.0705. The maximum atomic E-state index is 10.0. The standard InChI is InChI=1S/C9H10O2.2Li/c10-7-4-8-11-9-5-2-1-3-6-9;;/h2-3,5-6H,4,7-8H2;;/q-2;2*+1. The monoisotopic (exact) mass is 164 g/mol. The molecule has 0 spiro atoms. The smallest absolute Gasteiger partial charge is 0.854 e. The SMILES string of the molecule is [Li+].[Li+].[O-]CCCOc1cc[c-]cc1. The van der Waals surface area contributed by atoms with Crippen LogP contribution in [0.1, 0.15) is 6.42 Å². The summed E-state index contributed by atoms with van der Waals surface area (Å²) in [5.41, 5.74) is 0. The van der Waals surface area contributed by atoms with Gasteiger partial charge in [-0.3, -0.25) is 0 Å².